The van der Waals surface area contributed by atoms with E-state index in [-0.39, 0.29) is 0 Å². The minimum Gasteiger partial charge on any atom is -0.279 e. The molecule has 0 aromatic heterocycles. The number of halogens is 3. The van der Waals surface area contributed by atoms with E-state index in [1.54, 1.807) is 0 Å². The standard InChI is InChI=1S/2C9H21P.CHF3O3S.Pd/c2*1-7(2)10(8(3)4)9(5)6;2-1(3,4)8(5,6)7;/h2*7-9H,1-6H3;(H,5,6,7);/q;;;-2/p+2. The van der Waals surface area contributed by atoms with Crippen molar-refractivity contribution in [3.8, 4) is 0 Å². The van der Waals surface area contributed by atoms with Gasteiger partial charge in [0.25, 0.3) is 0 Å². The maximum Gasteiger partial charge on any atom is 0.522 e. The molecule has 0 saturated carbocycles. The molecule has 0 radical (unpaired) electrons. The first-order chi connectivity index (χ1) is 12.6. The Morgan fingerprint density at radius 1 is 0.621 bits per heavy atom. The second-order valence-electron chi connectivity index (χ2n) is 9.48. The van der Waals surface area contributed by atoms with Crippen molar-refractivity contribution in [3.63, 3.8) is 0 Å². The molecule has 186 valence electrons. The maximum atomic E-state index is 10.7. The summed E-state index contributed by atoms with van der Waals surface area (Å²) in [6.07, 6.45) is 0. The monoisotopic (exact) mass is 578 g/mol. The Morgan fingerprint density at radius 3 is 0.828 bits per heavy atom. The third kappa shape index (κ3) is 7.94. The third-order valence-corrected chi connectivity index (χ3v) is 46.9. The predicted molar refractivity (Wildman–Crippen MR) is 125 cm³/mol. The van der Waals surface area contributed by atoms with Crippen LogP contribution in [-0.4, -0.2) is 52.4 Å². The average molecular weight is 579 g/mol. The molecule has 0 heterocycles. The molecule has 0 aliphatic rings. The van der Waals surface area contributed by atoms with Gasteiger partial charge in [0.2, 0.25) is 0 Å². The second kappa shape index (κ2) is 11.9. The van der Waals surface area contributed by atoms with Crippen molar-refractivity contribution in [2.45, 2.75) is 123 Å². The molecule has 0 fully saturated rings. The van der Waals surface area contributed by atoms with Gasteiger partial charge in [0.05, 0.1) is 0 Å². The molecule has 0 aromatic carbocycles. The van der Waals surface area contributed by atoms with Crippen molar-refractivity contribution >= 4 is 21.0 Å². The van der Waals surface area contributed by atoms with Crippen molar-refractivity contribution in [3.05, 3.63) is 0 Å². The fourth-order valence-electron chi connectivity index (χ4n) is 4.78. The topological polar surface area (TPSA) is 54.4 Å². The van der Waals surface area contributed by atoms with Gasteiger partial charge < -0.3 is 0 Å². The fraction of sp³-hybridized carbons (Fsp3) is 1.00. The average Bonchev–Trinajstić information content (AvgIpc) is 2.44. The zero-order valence-electron chi connectivity index (χ0n) is 20.1. The molecule has 0 bridgehead atoms. The van der Waals surface area contributed by atoms with Crippen molar-refractivity contribution in [1.82, 2.24) is 0 Å². The van der Waals surface area contributed by atoms with Crippen molar-refractivity contribution in [1.29, 1.82) is 0 Å². The van der Waals surface area contributed by atoms with Crippen LogP contribution >= 0.6 is 10.9 Å². The van der Waals surface area contributed by atoms with E-state index in [9.17, 15) is 13.2 Å². The summed E-state index contributed by atoms with van der Waals surface area (Å²) < 4.78 is 57.5. The number of alkyl halides is 3. The van der Waals surface area contributed by atoms with Gasteiger partial charge in [0, 0.05) is 0 Å². The Bertz CT molecular complexity index is 516. The van der Waals surface area contributed by atoms with Crippen LogP contribution in [0.2, 0.25) is 0 Å². The molecular weight excluding hydrogens is 534 g/mol. The van der Waals surface area contributed by atoms with Gasteiger partial charge in [-0.2, -0.15) is 21.6 Å². The molecule has 0 unspecified atom stereocenters. The molecule has 0 saturated heterocycles. The van der Waals surface area contributed by atoms with E-state index >= 15 is 0 Å². The van der Waals surface area contributed by atoms with E-state index in [1.165, 1.54) is 0 Å². The first kappa shape index (κ1) is 32.4. The molecule has 0 atom stereocenters. The van der Waals surface area contributed by atoms with Crippen LogP contribution in [0.25, 0.3) is 0 Å². The molecule has 10 heteroatoms. The van der Waals surface area contributed by atoms with Crippen LogP contribution in [0, 0.1) is 0 Å². The van der Waals surface area contributed by atoms with Gasteiger partial charge in [-0.05, 0) is 0 Å². The summed E-state index contributed by atoms with van der Waals surface area (Å²) in [4.78, 5) is 0. The molecule has 0 aliphatic carbocycles. The van der Waals surface area contributed by atoms with Gasteiger partial charge >= 0.3 is 161 Å². The molecule has 0 spiro atoms. The van der Waals surface area contributed by atoms with Crippen molar-refractivity contribution in [2.75, 3.05) is 0 Å². The van der Waals surface area contributed by atoms with E-state index < -0.39 is 26.5 Å². The van der Waals surface area contributed by atoms with E-state index in [2.05, 4.69) is 83.1 Å². The van der Waals surface area contributed by atoms with Gasteiger partial charge in [-0.15, -0.1) is 0 Å². The largest absolute Gasteiger partial charge is 0.522 e. The SMILES string of the molecule is CC(C)[PH]([Pd][PH](C(C)C)(C(C)C)C(C)C)(C(C)C)C(C)C.O=S(=O)(O)C(F)(F)F. The van der Waals surface area contributed by atoms with Gasteiger partial charge in [-0.1, -0.05) is 0 Å². The van der Waals surface area contributed by atoms with E-state index in [0.717, 1.165) is 50.9 Å². The molecule has 0 rings (SSSR count). The Kier molecular flexibility index (Phi) is 13.3. The Hall–Kier alpha value is 1.22. The predicted octanol–water partition coefficient (Wildman–Crippen LogP) is 7.24. The van der Waals surface area contributed by atoms with Crippen molar-refractivity contribution in [2.24, 2.45) is 0 Å². The zero-order chi connectivity index (χ0) is 24.2. The van der Waals surface area contributed by atoms with Crippen LogP contribution in [0.4, 0.5) is 13.2 Å². The van der Waals surface area contributed by atoms with Gasteiger partial charge in [-0.3, -0.25) is 4.55 Å². The van der Waals surface area contributed by atoms with Crippen molar-refractivity contribution < 1.29 is 43.1 Å². The second-order valence-corrected chi connectivity index (χ2v) is 33.1. The minimum atomic E-state index is -5.84. The van der Waals surface area contributed by atoms with E-state index in [1.807, 2.05) is 0 Å². The molecule has 0 aliphatic heterocycles. The summed E-state index contributed by atoms with van der Waals surface area (Å²) in [5, 5.41) is 0. The Morgan fingerprint density at radius 2 is 0.759 bits per heavy atom. The molecule has 3 nitrogen and oxygen atoms in total. The molecular formula is C19H45F3O3P2PdS. The Balaban J connectivity index is 0. The van der Waals surface area contributed by atoms with Gasteiger partial charge in [0.1, 0.15) is 0 Å². The van der Waals surface area contributed by atoms with Gasteiger partial charge in [0.15, 0.2) is 0 Å². The zero-order valence-corrected chi connectivity index (χ0v) is 24.5. The number of hydrogen-bond donors (Lipinski definition) is 1. The van der Waals surface area contributed by atoms with Crippen LogP contribution < -0.4 is 0 Å². The van der Waals surface area contributed by atoms with Crippen LogP contribution in [-0.2, 0) is 27.1 Å². The summed E-state index contributed by atoms with van der Waals surface area (Å²) in [7, 11) is -5.84. The number of rotatable bonds is 8. The van der Waals surface area contributed by atoms with Crippen LogP contribution in [0.15, 0.2) is 0 Å². The summed E-state index contributed by atoms with van der Waals surface area (Å²) >= 11 is 1.06. The molecule has 0 aromatic rings. The third-order valence-electron chi connectivity index (χ3n) is 5.66. The van der Waals surface area contributed by atoms with E-state index in [0.29, 0.717) is 0 Å². The Labute approximate surface area is 186 Å². The summed E-state index contributed by atoms with van der Waals surface area (Å²) in [5.41, 5.74) is -2.46. The number of hydrogen-bond acceptors (Lipinski definition) is 2. The normalized spacial score (nSPS) is 15.7. The van der Waals surface area contributed by atoms with Gasteiger partial charge in [-0.25, -0.2) is 0 Å². The summed E-state index contributed by atoms with van der Waals surface area (Å²) in [6, 6.07) is 0. The minimum absolute atomic E-state index is 0.926. The first-order valence-corrected chi connectivity index (χ1v) is 20.5. The summed E-state index contributed by atoms with van der Waals surface area (Å²) in [5.74, 6) is 0. The van der Waals surface area contributed by atoms with Crippen LogP contribution in [0.1, 0.15) is 83.1 Å². The molecule has 1 N–H and O–H groups in total. The maximum absolute atomic E-state index is 10.7. The summed E-state index contributed by atoms with van der Waals surface area (Å²) in [6.45, 7) is 30.6. The molecule has 29 heavy (non-hydrogen) atoms. The molecule has 0 amide bonds. The quantitative estimate of drug-likeness (QED) is 0.143. The van der Waals surface area contributed by atoms with Crippen LogP contribution in [0.5, 0.6) is 0 Å². The van der Waals surface area contributed by atoms with Crippen LogP contribution in [0.3, 0.4) is 0 Å². The first-order valence-electron chi connectivity index (χ1n) is 10.3. The smallest absolute Gasteiger partial charge is 0.279 e. The fourth-order valence-corrected chi connectivity index (χ4v) is 53.8. The van der Waals surface area contributed by atoms with E-state index in [4.69, 9.17) is 13.0 Å².